The molecular weight excluding hydrogens is 219 g/mol. The maximum Gasteiger partial charge on any atom is 0.123 e. The van der Waals surface area contributed by atoms with E-state index in [1.807, 2.05) is 0 Å². The molecule has 4 heteroatoms. The van der Waals surface area contributed by atoms with Gasteiger partial charge in [-0.15, -0.1) is 0 Å². The van der Waals surface area contributed by atoms with E-state index in [0.29, 0.717) is 5.56 Å². The maximum absolute atomic E-state index is 13.3. The molecule has 2 N–H and O–H groups in total. The number of hydrogen-bond donors (Lipinski definition) is 2. The van der Waals surface area contributed by atoms with Crippen LogP contribution in [0.4, 0.5) is 4.39 Å². The summed E-state index contributed by atoms with van der Waals surface area (Å²) in [7, 11) is 0. The van der Waals surface area contributed by atoms with Crippen molar-refractivity contribution in [3.63, 3.8) is 0 Å². The largest absolute Gasteiger partial charge is 0.508 e. The number of halogens is 1. The van der Waals surface area contributed by atoms with Crippen LogP contribution in [0.15, 0.2) is 18.2 Å². The Balaban J connectivity index is 2.24. The molecule has 0 unspecified atom stereocenters. The lowest BCUT2D eigenvalue weighted by Gasteiger charge is -2.35. The average molecular weight is 238 g/mol. The molecule has 1 aliphatic heterocycles. The Morgan fingerprint density at radius 3 is 2.76 bits per heavy atom. The van der Waals surface area contributed by atoms with Gasteiger partial charge in [0.15, 0.2) is 0 Å². The topological polar surface area (TPSA) is 35.5 Å². The summed E-state index contributed by atoms with van der Waals surface area (Å²) in [4.78, 5) is 2.30. The number of nitrogens with one attached hydrogen (secondary N) is 1. The Bertz CT molecular complexity index is 378. The van der Waals surface area contributed by atoms with E-state index in [1.54, 1.807) is 0 Å². The van der Waals surface area contributed by atoms with Crippen LogP contribution in [0.25, 0.3) is 0 Å². The predicted octanol–water partition coefficient (Wildman–Crippen LogP) is 1.89. The van der Waals surface area contributed by atoms with Gasteiger partial charge in [-0.2, -0.15) is 0 Å². The summed E-state index contributed by atoms with van der Waals surface area (Å²) in [5.74, 6) is -0.0943. The number of piperazine rings is 1. The summed E-state index contributed by atoms with van der Waals surface area (Å²) in [5, 5.41) is 13.2. The number of phenolic OH excluding ortho intramolecular Hbond substituents is 1. The normalized spacial score (nSPS) is 19.2. The first kappa shape index (κ1) is 12.3. The van der Waals surface area contributed by atoms with Gasteiger partial charge < -0.3 is 10.4 Å². The fourth-order valence-electron chi connectivity index (χ4n) is 2.46. The van der Waals surface area contributed by atoms with Crippen LogP contribution in [0, 0.1) is 5.82 Å². The molecule has 1 aromatic carbocycles. The van der Waals surface area contributed by atoms with Crippen LogP contribution >= 0.6 is 0 Å². The molecular formula is C13H19FN2O. The lowest BCUT2D eigenvalue weighted by Crippen LogP contribution is -2.45. The second-order valence-electron chi connectivity index (χ2n) is 4.41. The molecule has 17 heavy (non-hydrogen) atoms. The highest BCUT2D eigenvalue weighted by atomic mass is 19.1. The van der Waals surface area contributed by atoms with E-state index in [4.69, 9.17) is 0 Å². The van der Waals surface area contributed by atoms with E-state index >= 15 is 0 Å². The van der Waals surface area contributed by atoms with Gasteiger partial charge >= 0.3 is 0 Å². The number of aromatic hydroxyl groups is 1. The fraction of sp³-hybridized carbons (Fsp3) is 0.538. The van der Waals surface area contributed by atoms with Crippen LogP contribution in [0.5, 0.6) is 5.75 Å². The third kappa shape index (κ3) is 2.76. The van der Waals surface area contributed by atoms with Crippen LogP contribution < -0.4 is 5.32 Å². The number of hydrogen-bond acceptors (Lipinski definition) is 3. The molecule has 0 aliphatic carbocycles. The van der Waals surface area contributed by atoms with Crippen LogP contribution in [-0.4, -0.2) is 36.2 Å². The molecule has 1 fully saturated rings. The summed E-state index contributed by atoms with van der Waals surface area (Å²) in [5.41, 5.74) is 0.703. The van der Waals surface area contributed by atoms with Crippen molar-refractivity contribution in [3.8, 4) is 5.75 Å². The van der Waals surface area contributed by atoms with Gasteiger partial charge in [0.2, 0.25) is 0 Å². The third-order valence-corrected chi connectivity index (χ3v) is 3.33. The first-order chi connectivity index (χ1) is 8.22. The van der Waals surface area contributed by atoms with E-state index < -0.39 is 0 Å². The highest BCUT2D eigenvalue weighted by Crippen LogP contribution is 2.31. The fourth-order valence-corrected chi connectivity index (χ4v) is 2.46. The van der Waals surface area contributed by atoms with E-state index in [-0.39, 0.29) is 17.6 Å². The zero-order valence-electron chi connectivity index (χ0n) is 10.1. The minimum atomic E-state index is -0.286. The zero-order chi connectivity index (χ0) is 12.3. The highest BCUT2D eigenvalue weighted by molar-refractivity contribution is 5.35. The molecule has 0 radical (unpaired) electrons. The van der Waals surface area contributed by atoms with Gasteiger partial charge in [-0.05, 0) is 24.6 Å². The zero-order valence-corrected chi connectivity index (χ0v) is 10.1. The second kappa shape index (κ2) is 5.47. The average Bonchev–Trinajstić information content (AvgIpc) is 2.36. The van der Waals surface area contributed by atoms with Gasteiger partial charge in [0.25, 0.3) is 0 Å². The first-order valence-electron chi connectivity index (χ1n) is 6.15. The van der Waals surface area contributed by atoms with Crippen molar-refractivity contribution in [3.05, 3.63) is 29.6 Å². The summed E-state index contributed by atoms with van der Waals surface area (Å²) >= 11 is 0. The van der Waals surface area contributed by atoms with Crippen LogP contribution in [-0.2, 0) is 0 Å². The molecule has 2 rings (SSSR count). The molecule has 1 saturated heterocycles. The van der Waals surface area contributed by atoms with Crippen molar-refractivity contribution in [2.75, 3.05) is 26.2 Å². The minimum absolute atomic E-state index is 0.104. The standard InChI is InChI=1S/C13H19FN2O/c1-2-12(16-7-5-15-6-8-16)11-9-10(14)3-4-13(11)17/h3-4,9,12,15,17H,2,5-8H2,1H3/t12-/m0/s1. The molecule has 3 nitrogen and oxygen atoms in total. The van der Waals surface area contributed by atoms with E-state index in [1.165, 1.54) is 18.2 Å². The van der Waals surface area contributed by atoms with Crippen molar-refractivity contribution in [2.45, 2.75) is 19.4 Å². The van der Waals surface area contributed by atoms with Crippen molar-refractivity contribution in [2.24, 2.45) is 0 Å². The number of benzene rings is 1. The smallest absolute Gasteiger partial charge is 0.123 e. The Hall–Kier alpha value is -1.13. The Labute approximate surface area is 101 Å². The summed E-state index contributed by atoms with van der Waals surface area (Å²) in [6.07, 6.45) is 0.872. The first-order valence-corrected chi connectivity index (χ1v) is 6.15. The van der Waals surface area contributed by atoms with E-state index in [9.17, 15) is 9.50 Å². The maximum atomic E-state index is 13.3. The molecule has 0 aromatic heterocycles. The molecule has 0 amide bonds. The van der Waals surface area contributed by atoms with Gasteiger partial charge in [0.05, 0.1) is 0 Å². The quantitative estimate of drug-likeness (QED) is 0.844. The van der Waals surface area contributed by atoms with Gasteiger partial charge in [-0.3, -0.25) is 4.90 Å². The molecule has 1 heterocycles. The Kier molecular flexibility index (Phi) is 3.97. The van der Waals surface area contributed by atoms with E-state index in [0.717, 1.165) is 32.6 Å². The van der Waals surface area contributed by atoms with Crippen molar-refractivity contribution in [1.29, 1.82) is 0 Å². The Morgan fingerprint density at radius 2 is 2.12 bits per heavy atom. The minimum Gasteiger partial charge on any atom is -0.508 e. The molecule has 1 atom stereocenters. The second-order valence-corrected chi connectivity index (χ2v) is 4.41. The third-order valence-electron chi connectivity index (χ3n) is 3.33. The molecule has 0 bridgehead atoms. The van der Waals surface area contributed by atoms with Gasteiger partial charge in [0, 0.05) is 37.8 Å². The monoisotopic (exact) mass is 238 g/mol. The van der Waals surface area contributed by atoms with Crippen LogP contribution in [0.2, 0.25) is 0 Å². The van der Waals surface area contributed by atoms with Crippen molar-refractivity contribution < 1.29 is 9.50 Å². The molecule has 0 saturated carbocycles. The van der Waals surface area contributed by atoms with Gasteiger partial charge in [-0.25, -0.2) is 4.39 Å². The van der Waals surface area contributed by atoms with Crippen molar-refractivity contribution in [1.82, 2.24) is 10.2 Å². The molecule has 94 valence electrons. The number of rotatable bonds is 3. The summed E-state index contributed by atoms with van der Waals surface area (Å²) in [6.45, 7) is 5.85. The highest BCUT2D eigenvalue weighted by Gasteiger charge is 2.23. The molecule has 1 aliphatic rings. The van der Waals surface area contributed by atoms with Crippen LogP contribution in [0.3, 0.4) is 0 Å². The SMILES string of the molecule is CC[C@@H](c1cc(F)ccc1O)N1CCNCC1. The predicted molar refractivity (Wildman–Crippen MR) is 65.5 cm³/mol. The molecule has 1 aromatic rings. The van der Waals surface area contributed by atoms with E-state index in [2.05, 4.69) is 17.1 Å². The molecule has 0 spiro atoms. The summed E-state index contributed by atoms with van der Waals surface area (Å²) < 4.78 is 13.3. The number of nitrogens with zero attached hydrogens (tertiary/aromatic N) is 1. The number of phenols is 1. The van der Waals surface area contributed by atoms with Crippen molar-refractivity contribution >= 4 is 0 Å². The summed E-state index contributed by atoms with van der Waals surface area (Å²) in [6, 6.07) is 4.29. The Morgan fingerprint density at radius 1 is 1.41 bits per heavy atom. The van der Waals surface area contributed by atoms with Gasteiger partial charge in [0.1, 0.15) is 11.6 Å². The van der Waals surface area contributed by atoms with Crippen LogP contribution in [0.1, 0.15) is 24.9 Å². The lowest BCUT2D eigenvalue weighted by atomic mass is 10.0. The lowest BCUT2D eigenvalue weighted by molar-refractivity contribution is 0.166. The van der Waals surface area contributed by atoms with Gasteiger partial charge in [-0.1, -0.05) is 6.92 Å².